The number of rotatable bonds is 4. The number of alkyl halides is 1. The van der Waals surface area contributed by atoms with Crippen LogP contribution in [0.4, 0.5) is 0 Å². The lowest BCUT2D eigenvalue weighted by Crippen LogP contribution is -2.46. The highest BCUT2D eigenvalue weighted by atomic mass is 79.9. The molecule has 106 valence electrons. The van der Waals surface area contributed by atoms with Gasteiger partial charge in [-0.15, -0.1) is 0 Å². The molecule has 0 aromatic carbocycles. The lowest BCUT2D eigenvalue weighted by Gasteiger charge is -2.32. The number of hydrogen-bond acceptors (Lipinski definition) is 2. The molecule has 0 bridgehead atoms. The molecule has 0 N–H and O–H groups in total. The van der Waals surface area contributed by atoms with Gasteiger partial charge < -0.3 is 0 Å². The molecule has 0 aliphatic carbocycles. The molecular weight excluding hydrogens is 316 g/mol. The minimum atomic E-state index is -3.19. The second kappa shape index (κ2) is 6.20. The van der Waals surface area contributed by atoms with Gasteiger partial charge in [0.1, 0.15) is 0 Å². The Morgan fingerprint density at radius 3 is 2.33 bits per heavy atom. The molecule has 6 heteroatoms. The van der Waals surface area contributed by atoms with Crippen LogP contribution in [0.5, 0.6) is 0 Å². The Morgan fingerprint density at radius 1 is 1.11 bits per heavy atom. The Morgan fingerprint density at radius 2 is 1.72 bits per heavy atom. The standard InChI is InChI=1S/C12H23BrN2O2S/c1-11-3-7-14(8-4-11)18(16,17)15-9-5-12(10-15)2-6-13/h11-12H,2-10H2,1H3. The molecule has 2 saturated heterocycles. The highest BCUT2D eigenvalue weighted by Crippen LogP contribution is 2.27. The van der Waals surface area contributed by atoms with Crippen molar-refractivity contribution in [3.05, 3.63) is 0 Å². The molecule has 2 aliphatic heterocycles. The normalized spacial score (nSPS) is 28.9. The minimum Gasteiger partial charge on any atom is -0.195 e. The van der Waals surface area contributed by atoms with Crippen LogP contribution in [0.25, 0.3) is 0 Å². The summed E-state index contributed by atoms with van der Waals surface area (Å²) < 4.78 is 28.3. The first-order valence-electron chi connectivity index (χ1n) is 6.85. The van der Waals surface area contributed by atoms with E-state index in [9.17, 15) is 8.42 Å². The zero-order valence-corrected chi connectivity index (χ0v) is 13.4. The predicted molar refractivity (Wildman–Crippen MR) is 77.0 cm³/mol. The van der Waals surface area contributed by atoms with Gasteiger partial charge in [-0.25, -0.2) is 0 Å². The van der Waals surface area contributed by atoms with Crippen molar-refractivity contribution in [3.63, 3.8) is 0 Å². The largest absolute Gasteiger partial charge is 0.281 e. The number of halogens is 1. The van der Waals surface area contributed by atoms with E-state index in [1.807, 2.05) is 0 Å². The monoisotopic (exact) mass is 338 g/mol. The Balaban J connectivity index is 1.95. The Kier molecular flexibility index (Phi) is 5.08. The van der Waals surface area contributed by atoms with Gasteiger partial charge >= 0.3 is 0 Å². The first-order valence-corrected chi connectivity index (χ1v) is 9.37. The summed E-state index contributed by atoms with van der Waals surface area (Å²) in [5.41, 5.74) is 0. The van der Waals surface area contributed by atoms with Crippen molar-refractivity contribution >= 4 is 26.1 Å². The lowest BCUT2D eigenvalue weighted by atomic mass is 10.0. The smallest absolute Gasteiger partial charge is 0.195 e. The number of hydrogen-bond donors (Lipinski definition) is 0. The van der Waals surface area contributed by atoms with Crippen LogP contribution in [0, 0.1) is 11.8 Å². The van der Waals surface area contributed by atoms with Gasteiger partial charge in [0.25, 0.3) is 10.2 Å². The molecule has 2 heterocycles. The summed E-state index contributed by atoms with van der Waals surface area (Å²) in [6, 6.07) is 0. The second-order valence-electron chi connectivity index (χ2n) is 5.58. The Hall–Kier alpha value is 0.350. The van der Waals surface area contributed by atoms with Crippen molar-refractivity contribution in [1.82, 2.24) is 8.61 Å². The van der Waals surface area contributed by atoms with Crippen LogP contribution < -0.4 is 0 Å². The van der Waals surface area contributed by atoms with Crippen LogP contribution in [0.1, 0.15) is 32.6 Å². The molecule has 2 rings (SSSR count). The van der Waals surface area contributed by atoms with E-state index in [1.54, 1.807) is 8.61 Å². The molecule has 0 amide bonds. The van der Waals surface area contributed by atoms with Gasteiger partial charge in [-0.3, -0.25) is 0 Å². The van der Waals surface area contributed by atoms with Crippen molar-refractivity contribution in [2.45, 2.75) is 32.6 Å². The van der Waals surface area contributed by atoms with Crippen LogP contribution in [0.15, 0.2) is 0 Å². The zero-order chi connectivity index (χ0) is 13.2. The third-order valence-corrected chi connectivity index (χ3v) is 6.62. The summed E-state index contributed by atoms with van der Waals surface area (Å²) in [7, 11) is -3.19. The highest BCUT2D eigenvalue weighted by Gasteiger charge is 2.36. The summed E-state index contributed by atoms with van der Waals surface area (Å²) in [6.07, 6.45) is 4.08. The average Bonchev–Trinajstić information content (AvgIpc) is 2.79. The Labute approximate surface area is 119 Å². The number of nitrogens with zero attached hydrogens (tertiary/aromatic N) is 2. The van der Waals surface area contributed by atoms with Crippen LogP contribution in [0.3, 0.4) is 0 Å². The second-order valence-corrected chi connectivity index (χ2v) is 8.30. The van der Waals surface area contributed by atoms with Crippen LogP contribution in [-0.4, -0.2) is 48.5 Å². The zero-order valence-electron chi connectivity index (χ0n) is 11.0. The molecule has 0 spiro atoms. The summed E-state index contributed by atoms with van der Waals surface area (Å²) >= 11 is 3.43. The molecule has 1 unspecified atom stereocenters. The van der Waals surface area contributed by atoms with E-state index in [-0.39, 0.29) is 0 Å². The third-order valence-electron chi connectivity index (χ3n) is 4.16. The van der Waals surface area contributed by atoms with E-state index in [0.717, 1.165) is 31.0 Å². The van der Waals surface area contributed by atoms with Crippen molar-refractivity contribution in [2.24, 2.45) is 11.8 Å². The van der Waals surface area contributed by atoms with Gasteiger partial charge in [-0.1, -0.05) is 22.9 Å². The van der Waals surface area contributed by atoms with E-state index in [2.05, 4.69) is 22.9 Å². The van der Waals surface area contributed by atoms with Gasteiger partial charge in [0.2, 0.25) is 0 Å². The maximum absolute atomic E-state index is 12.5. The maximum atomic E-state index is 12.5. The van der Waals surface area contributed by atoms with Crippen LogP contribution in [-0.2, 0) is 10.2 Å². The van der Waals surface area contributed by atoms with E-state index >= 15 is 0 Å². The molecular formula is C12H23BrN2O2S. The van der Waals surface area contributed by atoms with Crippen molar-refractivity contribution < 1.29 is 8.42 Å². The topological polar surface area (TPSA) is 40.6 Å². The van der Waals surface area contributed by atoms with E-state index in [0.29, 0.717) is 38.0 Å². The van der Waals surface area contributed by atoms with Crippen molar-refractivity contribution in [3.8, 4) is 0 Å². The van der Waals surface area contributed by atoms with Gasteiger partial charge in [-0.2, -0.15) is 17.0 Å². The molecule has 0 aromatic rings. The van der Waals surface area contributed by atoms with Crippen molar-refractivity contribution in [2.75, 3.05) is 31.5 Å². The van der Waals surface area contributed by atoms with Crippen LogP contribution >= 0.6 is 15.9 Å². The van der Waals surface area contributed by atoms with Gasteiger partial charge in [0.05, 0.1) is 0 Å². The third kappa shape index (κ3) is 3.26. The SMILES string of the molecule is CC1CCN(S(=O)(=O)N2CCC(CCBr)C2)CC1. The Bertz CT molecular complexity index is 366. The molecule has 0 radical (unpaired) electrons. The fourth-order valence-electron chi connectivity index (χ4n) is 2.78. The lowest BCUT2D eigenvalue weighted by molar-refractivity contribution is 0.269. The first-order chi connectivity index (χ1) is 8.54. The van der Waals surface area contributed by atoms with E-state index in [4.69, 9.17) is 0 Å². The van der Waals surface area contributed by atoms with E-state index < -0.39 is 10.2 Å². The fourth-order valence-corrected chi connectivity index (χ4v) is 5.16. The molecule has 2 fully saturated rings. The highest BCUT2D eigenvalue weighted by molar-refractivity contribution is 9.09. The van der Waals surface area contributed by atoms with E-state index in [1.165, 1.54) is 0 Å². The molecule has 18 heavy (non-hydrogen) atoms. The first kappa shape index (κ1) is 14.8. The predicted octanol–water partition coefficient (Wildman–Crippen LogP) is 2.07. The van der Waals surface area contributed by atoms with Gasteiger partial charge in [-0.05, 0) is 37.5 Å². The van der Waals surface area contributed by atoms with Gasteiger partial charge in [0, 0.05) is 31.5 Å². The summed E-state index contributed by atoms with van der Waals surface area (Å²) in [5.74, 6) is 1.19. The maximum Gasteiger partial charge on any atom is 0.281 e. The number of piperidine rings is 1. The van der Waals surface area contributed by atoms with Crippen LogP contribution in [0.2, 0.25) is 0 Å². The molecule has 2 aliphatic rings. The van der Waals surface area contributed by atoms with Gasteiger partial charge in [0.15, 0.2) is 0 Å². The average molecular weight is 339 g/mol. The molecule has 0 aromatic heterocycles. The summed E-state index contributed by atoms with van der Waals surface area (Å²) in [6.45, 7) is 5.00. The fraction of sp³-hybridized carbons (Fsp3) is 1.00. The molecule has 0 saturated carbocycles. The quantitative estimate of drug-likeness (QED) is 0.736. The minimum absolute atomic E-state index is 0.530. The summed E-state index contributed by atoms with van der Waals surface area (Å²) in [5, 5.41) is 0.965. The van der Waals surface area contributed by atoms with Crippen molar-refractivity contribution in [1.29, 1.82) is 0 Å². The molecule has 4 nitrogen and oxygen atoms in total. The summed E-state index contributed by atoms with van der Waals surface area (Å²) in [4.78, 5) is 0. The molecule has 1 atom stereocenters.